The Balaban J connectivity index is 2.51. The van der Waals surface area contributed by atoms with Gasteiger partial charge in [-0.25, -0.2) is 0 Å². The number of unbranched alkanes of at least 4 members (excludes halogenated alkanes) is 1. The van der Waals surface area contributed by atoms with Crippen LogP contribution >= 0.6 is 0 Å². The SMILES string of the molecule is C=CCCCc1ccc(OC(F)(F)F)cc1. The van der Waals surface area contributed by atoms with Crippen LogP contribution < -0.4 is 4.74 Å². The molecule has 16 heavy (non-hydrogen) atoms. The average molecular weight is 230 g/mol. The molecule has 0 amide bonds. The molecule has 0 aliphatic heterocycles. The van der Waals surface area contributed by atoms with Gasteiger partial charge in [-0.1, -0.05) is 18.2 Å². The minimum absolute atomic E-state index is 0.181. The zero-order valence-electron chi connectivity index (χ0n) is 8.76. The molecule has 0 heterocycles. The summed E-state index contributed by atoms with van der Waals surface area (Å²) in [6.45, 7) is 3.60. The standard InChI is InChI=1S/C12H13F3O/c1-2-3-4-5-10-6-8-11(9-7-10)16-12(13,14)15/h2,6-9H,1,3-5H2. The fourth-order valence-electron chi connectivity index (χ4n) is 1.31. The van der Waals surface area contributed by atoms with Crippen molar-refractivity contribution in [3.05, 3.63) is 42.5 Å². The molecule has 1 aromatic rings. The lowest BCUT2D eigenvalue weighted by molar-refractivity contribution is -0.274. The molecule has 1 rings (SSSR count). The summed E-state index contributed by atoms with van der Waals surface area (Å²) in [5, 5.41) is 0. The molecule has 1 nitrogen and oxygen atoms in total. The van der Waals surface area contributed by atoms with Gasteiger partial charge in [0.25, 0.3) is 0 Å². The summed E-state index contributed by atoms with van der Waals surface area (Å²) in [5.41, 5.74) is 0.997. The number of halogens is 3. The van der Waals surface area contributed by atoms with Crippen LogP contribution in [-0.2, 0) is 6.42 Å². The van der Waals surface area contributed by atoms with E-state index in [1.807, 2.05) is 6.08 Å². The van der Waals surface area contributed by atoms with E-state index < -0.39 is 6.36 Å². The van der Waals surface area contributed by atoms with Gasteiger partial charge in [0.05, 0.1) is 0 Å². The molecule has 0 aliphatic rings. The van der Waals surface area contributed by atoms with E-state index in [9.17, 15) is 13.2 Å². The summed E-state index contributed by atoms with van der Waals surface area (Å²) < 4.78 is 39.3. The summed E-state index contributed by atoms with van der Waals surface area (Å²) in [4.78, 5) is 0. The molecule has 0 saturated heterocycles. The van der Waals surface area contributed by atoms with Gasteiger partial charge >= 0.3 is 6.36 Å². The van der Waals surface area contributed by atoms with E-state index in [0.717, 1.165) is 24.8 Å². The monoisotopic (exact) mass is 230 g/mol. The number of hydrogen-bond acceptors (Lipinski definition) is 1. The topological polar surface area (TPSA) is 9.23 Å². The highest BCUT2D eigenvalue weighted by Crippen LogP contribution is 2.23. The van der Waals surface area contributed by atoms with Crippen molar-refractivity contribution in [2.45, 2.75) is 25.6 Å². The Morgan fingerprint density at radius 2 is 1.81 bits per heavy atom. The van der Waals surface area contributed by atoms with Gasteiger partial charge in [-0.05, 0) is 37.0 Å². The second-order valence-electron chi connectivity index (χ2n) is 3.37. The maximum atomic E-state index is 11.9. The Hall–Kier alpha value is -1.45. The second-order valence-corrected chi connectivity index (χ2v) is 3.37. The van der Waals surface area contributed by atoms with Crippen molar-refractivity contribution >= 4 is 0 Å². The molecule has 0 saturated carbocycles. The van der Waals surface area contributed by atoms with Crippen LogP contribution in [-0.4, -0.2) is 6.36 Å². The summed E-state index contributed by atoms with van der Waals surface area (Å²) in [6, 6.07) is 5.95. The maximum Gasteiger partial charge on any atom is 0.573 e. The number of alkyl halides is 3. The largest absolute Gasteiger partial charge is 0.573 e. The Morgan fingerprint density at radius 3 is 2.31 bits per heavy atom. The van der Waals surface area contributed by atoms with Gasteiger partial charge in [-0.3, -0.25) is 0 Å². The first kappa shape index (κ1) is 12.6. The molecule has 0 fully saturated rings. The lowest BCUT2D eigenvalue weighted by Gasteiger charge is -2.09. The van der Waals surface area contributed by atoms with Crippen molar-refractivity contribution in [1.82, 2.24) is 0 Å². The average Bonchev–Trinajstić information content (AvgIpc) is 2.19. The van der Waals surface area contributed by atoms with E-state index in [1.165, 1.54) is 12.1 Å². The second kappa shape index (κ2) is 5.58. The van der Waals surface area contributed by atoms with Crippen molar-refractivity contribution in [3.63, 3.8) is 0 Å². The third kappa shape index (κ3) is 4.87. The zero-order chi connectivity index (χ0) is 12.0. The van der Waals surface area contributed by atoms with E-state index in [1.54, 1.807) is 12.1 Å². The first-order valence-corrected chi connectivity index (χ1v) is 4.97. The van der Waals surface area contributed by atoms with Gasteiger partial charge in [-0.2, -0.15) is 0 Å². The molecule has 0 unspecified atom stereocenters. The van der Waals surface area contributed by atoms with Gasteiger partial charge in [-0.15, -0.1) is 19.8 Å². The quantitative estimate of drug-likeness (QED) is 0.546. The first-order valence-electron chi connectivity index (χ1n) is 4.97. The molecule has 0 N–H and O–H groups in total. The van der Waals surface area contributed by atoms with Crippen molar-refractivity contribution in [2.24, 2.45) is 0 Å². The van der Waals surface area contributed by atoms with Crippen LogP contribution in [0.15, 0.2) is 36.9 Å². The molecule has 0 atom stereocenters. The van der Waals surface area contributed by atoms with Gasteiger partial charge in [0.2, 0.25) is 0 Å². The molecule has 0 aliphatic carbocycles. The van der Waals surface area contributed by atoms with E-state index in [4.69, 9.17) is 0 Å². The highest BCUT2D eigenvalue weighted by molar-refractivity contribution is 5.27. The Kier molecular flexibility index (Phi) is 4.40. The van der Waals surface area contributed by atoms with Crippen LogP contribution in [0.25, 0.3) is 0 Å². The number of benzene rings is 1. The molecule has 0 bridgehead atoms. The minimum atomic E-state index is -4.62. The molecule has 88 valence electrons. The smallest absolute Gasteiger partial charge is 0.406 e. The highest BCUT2D eigenvalue weighted by atomic mass is 19.4. The predicted octanol–water partition coefficient (Wildman–Crippen LogP) is 4.09. The van der Waals surface area contributed by atoms with Crippen LogP contribution in [0, 0.1) is 0 Å². The van der Waals surface area contributed by atoms with Crippen LogP contribution in [0.4, 0.5) is 13.2 Å². The Morgan fingerprint density at radius 1 is 1.19 bits per heavy atom. The fraction of sp³-hybridized carbons (Fsp3) is 0.333. The van der Waals surface area contributed by atoms with Gasteiger partial charge in [0.1, 0.15) is 5.75 Å². The van der Waals surface area contributed by atoms with Crippen molar-refractivity contribution in [1.29, 1.82) is 0 Å². The third-order valence-electron chi connectivity index (χ3n) is 2.03. The van der Waals surface area contributed by atoms with Crippen LogP contribution in [0.5, 0.6) is 5.75 Å². The maximum absolute atomic E-state index is 11.9. The van der Waals surface area contributed by atoms with Crippen LogP contribution in [0.3, 0.4) is 0 Å². The van der Waals surface area contributed by atoms with Crippen LogP contribution in [0.1, 0.15) is 18.4 Å². The number of aryl methyl sites for hydroxylation is 1. The minimum Gasteiger partial charge on any atom is -0.406 e. The van der Waals surface area contributed by atoms with Crippen molar-refractivity contribution < 1.29 is 17.9 Å². The lowest BCUT2D eigenvalue weighted by Crippen LogP contribution is -2.17. The zero-order valence-corrected chi connectivity index (χ0v) is 8.76. The number of ether oxygens (including phenoxy) is 1. The third-order valence-corrected chi connectivity index (χ3v) is 2.03. The lowest BCUT2D eigenvalue weighted by atomic mass is 10.1. The van der Waals surface area contributed by atoms with Gasteiger partial charge in [0.15, 0.2) is 0 Å². The molecular weight excluding hydrogens is 217 g/mol. The van der Waals surface area contributed by atoms with E-state index in [0.29, 0.717) is 0 Å². The van der Waals surface area contributed by atoms with Crippen molar-refractivity contribution in [3.8, 4) is 5.75 Å². The van der Waals surface area contributed by atoms with Gasteiger partial charge < -0.3 is 4.74 Å². The number of rotatable bonds is 5. The molecule has 4 heteroatoms. The summed E-state index contributed by atoms with van der Waals surface area (Å²) in [6.07, 6.45) is -0.117. The summed E-state index contributed by atoms with van der Waals surface area (Å²) in [7, 11) is 0. The van der Waals surface area contributed by atoms with E-state index >= 15 is 0 Å². The highest BCUT2D eigenvalue weighted by Gasteiger charge is 2.30. The van der Waals surface area contributed by atoms with E-state index in [2.05, 4.69) is 11.3 Å². The predicted molar refractivity (Wildman–Crippen MR) is 56.3 cm³/mol. The Labute approximate surface area is 92.5 Å². The van der Waals surface area contributed by atoms with Crippen molar-refractivity contribution in [2.75, 3.05) is 0 Å². The van der Waals surface area contributed by atoms with Crippen LogP contribution in [0.2, 0.25) is 0 Å². The molecular formula is C12H13F3O. The first-order chi connectivity index (χ1) is 7.51. The normalized spacial score (nSPS) is 11.2. The van der Waals surface area contributed by atoms with E-state index in [-0.39, 0.29) is 5.75 Å². The fourth-order valence-corrected chi connectivity index (χ4v) is 1.31. The number of allylic oxidation sites excluding steroid dienone is 1. The summed E-state index contributed by atoms with van der Waals surface area (Å²) >= 11 is 0. The molecule has 0 radical (unpaired) electrons. The Bertz CT molecular complexity index is 327. The number of hydrogen-bond donors (Lipinski definition) is 0. The van der Waals surface area contributed by atoms with Gasteiger partial charge in [0, 0.05) is 0 Å². The molecule has 1 aromatic carbocycles. The molecule has 0 aromatic heterocycles. The molecule has 0 spiro atoms. The summed E-state index contributed by atoms with van der Waals surface area (Å²) in [5.74, 6) is -0.181.